The van der Waals surface area contributed by atoms with Gasteiger partial charge in [0.1, 0.15) is 12.2 Å². The molecule has 5 aliphatic carbocycles. The summed E-state index contributed by atoms with van der Waals surface area (Å²) in [7, 11) is 0. The largest absolute Gasteiger partial charge is 0.446 e. The van der Waals surface area contributed by atoms with Crippen LogP contribution in [-0.4, -0.2) is 83.8 Å². The fourth-order valence-corrected chi connectivity index (χ4v) is 14.1. The van der Waals surface area contributed by atoms with Crippen molar-refractivity contribution in [2.45, 2.75) is 144 Å². The third kappa shape index (κ3) is 4.18. The Hall–Kier alpha value is -1.54. The molecule has 3 saturated heterocycles. The van der Waals surface area contributed by atoms with Crippen LogP contribution in [0.15, 0.2) is 0 Å². The van der Waals surface area contributed by atoms with Crippen molar-refractivity contribution in [3.05, 3.63) is 0 Å². The second-order valence-electron chi connectivity index (χ2n) is 19.4. The van der Waals surface area contributed by atoms with Crippen LogP contribution in [0.4, 0.5) is 9.59 Å². The van der Waals surface area contributed by atoms with E-state index in [0.717, 1.165) is 71.1 Å². The molecule has 3 heterocycles. The summed E-state index contributed by atoms with van der Waals surface area (Å²) >= 11 is 0. The molecule has 0 radical (unpaired) electrons. The van der Waals surface area contributed by atoms with Crippen molar-refractivity contribution in [1.82, 2.24) is 9.80 Å². The number of aliphatic hydroxyl groups excluding tert-OH is 1. The minimum atomic E-state index is -0.540. The molecule has 5 saturated carbocycles. The van der Waals surface area contributed by atoms with Crippen LogP contribution in [0.25, 0.3) is 0 Å². The highest BCUT2D eigenvalue weighted by Crippen LogP contribution is 2.89. The van der Waals surface area contributed by atoms with Crippen LogP contribution in [0.5, 0.6) is 0 Å². The monoisotopic (exact) mass is 654 g/mol. The molecule has 0 aromatic carbocycles. The van der Waals surface area contributed by atoms with E-state index in [-0.39, 0.29) is 69.6 Å². The third-order valence-electron chi connectivity index (χ3n) is 16.7. The third-order valence-corrected chi connectivity index (χ3v) is 16.7. The van der Waals surface area contributed by atoms with Crippen LogP contribution in [0, 0.1) is 62.6 Å². The molecular formula is C39H62N2O6. The maximum Gasteiger partial charge on any atom is 0.410 e. The van der Waals surface area contributed by atoms with Gasteiger partial charge in [-0.15, -0.1) is 0 Å². The van der Waals surface area contributed by atoms with Gasteiger partial charge in [0.2, 0.25) is 0 Å². The number of likely N-dealkylation sites (tertiary alicyclic amines) is 2. The maximum atomic E-state index is 13.0. The number of nitrogens with zero attached hydrogens (tertiary/aromatic N) is 2. The van der Waals surface area contributed by atoms with Crippen LogP contribution in [0.3, 0.4) is 0 Å². The van der Waals surface area contributed by atoms with Gasteiger partial charge < -0.3 is 29.1 Å². The van der Waals surface area contributed by atoms with Gasteiger partial charge >= 0.3 is 12.2 Å². The summed E-state index contributed by atoms with van der Waals surface area (Å²) < 4.78 is 19.5. The van der Waals surface area contributed by atoms with Gasteiger partial charge in [-0.3, -0.25) is 0 Å². The lowest BCUT2D eigenvalue weighted by molar-refractivity contribution is -0.186. The Morgan fingerprint density at radius 2 is 1.57 bits per heavy atom. The lowest BCUT2D eigenvalue weighted by atomic mass is 9.41. The number of aliphatic hydroxyl groups is 1. The average Bonchev–Trinajstić information content (AvgIpc) is 3.59. The molecule has 264 valence electrons. The summed E-state index contributed by atoms with van der Waals surface area (Å²) in [6, 6.07) is 0. The molecule has 3 aliphatic heterocycles. The summed E-state index contributed by atoms with van der Waals surface area (Å²) in [5.41, 5.74) is 0.239. The van der Waals surface area contributed by atoms with E-state index in [4.69, 9.17) is 14.2 Å². The van der Waals surface area contributed by atoms with Gasteiger partial charge in [-0.05, 0) is 110 Å². The Bertz CT molecular complexity index is 1290. The van der Waals surface area contributed by atoms with Crippen molar-refractivity contribution in [1.29, 1.82) is 0 Å². The number of fused-ring (bicyclic) bond motifs is 4. The molecule has 8 aliphatic rings. The minimum Gasteiger partial charge on any atom is -0.446 e. The number of hydrogen-bond acceptors (Lipinski definition) is 6. The Kier molecular flexibility index (Phi) is 7.29. The number of hydrogen-bond donors (Lipinski definition) is 1. The molecule has 13 atom stereocenters. The Morgan fingerprint density at radius 3 is 2.21 bits per heavy atom. The van der Waals surface area contributed by atoms with Gasteiger partial charge in [-0.2, -0.15) is 0 Å². The zero-order valence-electron chi connectivity index (χ0n) is 30.4. The van der Waals surface area contributed by atoms with Crippen molar-refractivity contribution in [3.8, 4) is 0 Å². The van der Waals surface area contributed by atoms with Crippen molar-refractivity contribution < 1.29 is 28.9 Å². The van der Waals surface area contributed by atoms with Gasteiger partial charge in [0.25, 0.3) is 0 Å². The Labute approximate surface area is 283 Å². The van der Waals surface area contributed by atoms with Crippen molar-refractivity contribution in [3.63, 3.8) is 0 Å². The topological polar surface area (TPSA) is 88.5 Å². The van der Waals surface area contributed by atoms with E-state index in [0.29, 0.717) is 29.6 Å². The average molecular weight is 655 g/mol. The number of carbonyl (C=O) groups excluding carboxylic acids is 2. The fourth-order valence-electron chi connectivity index (χ4n) is 14.1. The standard InChI is InChI=1S/C39H62N2O6/c1-22(2)30(47-33(43)40-16-9-17-40)25-18-24(4)29-31(45-25)32(42)37(8)27-11-10-26-35(5,6)28(46-34(44)41-19-23(3)20-41)12-13-38(26)21-39(27,38)15-14-36(29,37)7/h22-32,42H,9-21H2,1-8H3/t24-,25?,26+,27?,28?,29+,30?,31?,32+,36?,37-,38?,39?/m1/s1. The number of ether oxygens (including phenoxy) is 3. The number of carbonyl (C=O) groups is 2. The Balaban J connectivity index is 1.03. The molecule has 0 bridgehead atoms. The highest BCUT2D eigenvalue weighted by atomic mass is 16.6. The van der Waals surface area contributed by atoms with Crippen LogP contribution >= 0.6 is 0 Å². The molecule has 0 aromatic heterocycles. The lowest BCUT2D eigenvalue weighted by Gasteiger charge is -2.63. The second kappa shape index (κ2) is 10.5. The molecule has 8 unspecified atom stereocenters. The van der Waals surface area contributed by atoms with Crippen LogP contribution in [0.2, 0.25) is 0 Å². The zero-order valence-corrected chi connectivity index (χ0v) is 30.4. The molecule has 8 heteroatoms. The molecule has 47 heavy (non-hydrogen) atoms. The molecule has 8 fully saturated rings. The zero-order chi connectivity index (χ0) is 33.5. The molecule has 0 aromatic rings. The first-order chi connectivity index (χ1) is 22.1. The number of amides is 2. The molecule has 8 nitrogen and oxygen atoms in total. The van der Waals surface area contributed by atoms with E-state index in [1.165, 1.54) is 12.8 Å². The van der Waals surface area contributed by atoms with E-state index in [9.17, 15) is 14.7 Å². The molecule has 1 N–H and O–H groups in total. The molecule has 2 spiro atoms. The normalized spacial score (nSPS) is 50.1. The fraction of sp³-hybridized carbons (Fsp3) is 0.949. The van der Waals surface area contributed by atoms with Crippen molar-refractivity contribution in [2.75, 3.05) is 26.2 Å². The minimum absolute atomic E-state index is 0.00769. The quantitative estimate of drug-likeness (QED) is 0.347. The van der Waals surface area contributed by atoms with Crippen molar-refractivity contribution in [2.24, 2.45) is 62.6 Å². The summed E-state index contributed by atoms with van der Waals surface area (Å²) in [6.07, 6.45) is 8.24. The van der Waals surface area contributed by atoms with Crippen LogP contribution < -0.4 is 0 Å². The summed E-state index contributed by atoms with van der Waals surface area (Å²) in [5.74, 6) is 2.37. The van der Waals surface area contributed by atoms with Gasteiger partial charge in [0.05, 0.1) is 18.3 Å². The molecule has 8 rings (SSSR count). The van der Waals surface area contributed by atoms with E-state index in [1.807, 2.05) is 4.90 Å². The summed E-state index contributed by atoms with van der Waals surface area (Å²) in [6.45, 7) is 21.7. The van der Waals surface area contributed by atoms with Gasteiger partial charge in [-0.1, -0.05) is 55.4 Å². The van der Waals surface area contributed by atoms with E-state index >= 15 is 0 Å². The first-order valence-electron chi connectivity index (χ1n) is 19.4. The highest BCUT2D eigenvalue weighted by Gasteiger charge is 2.84. The first kappa shape index (κ1) is 32.7. The van der Waals surface area contributed by atoms with Crippen LogP contribution in [0.1, 0.15) is 113 Å². The second-order valence-corrected chi connectivity index (χ2v) is 19.4. The smallest absolute Gasteiger partial charge is 0.410 e. The predicted octanol–water partition coefficient (Wildman–Crippen LogP) is 7.12. The lowest BCUT2D eigenvalue weighted by Crippen LogP contribution is -2.60. The maximum absolute atomic E-state index is 13.0. The first-order valence-corrected chi connectivity index (χ1v) is 19.4. The molecular weight excluding hydrogens is 592 g/mol. The Morgan fingerprint density at radius 1 is 0.894 bits per heavy atom. The van der Waals surface area contributed by atoms with E-state index in [1.54, 1.807) is 4.90 Å². The summed E-state index contributed by atoms with van der Waals surface area (Å²) in [4.78, 5) is 29.6. The van der Waals surface area contributed by atoms with Crippen LogP contribution in [-0.2, 0) is 14.2 Å². The van der Waals surface area contributed by atoms with Crippen molar-refractivity contribution >= 4 is 12.2 Å². The predicted molar refractivity (Wildman–Crippen MR) is 178 cm³/mol. The summed E-state index contributed by atoms with van der Waals surface area (Å²) in [5, 5.41) is 12.6. The van der Waals surface area contributed by atoms with E-state index in [2.05, 4.69) is 55.4 Å². The number of rotatable bonds is 4. The molecule has 2 amide bonds. The highest BCUT2D eigenvalue weighted by molar-refractivity contribution is 5.69. The SMILES string of the molecule is CC1CN(C(=O)OC2CCC34CC35CCC3(C)[C@@H]6C(OC(C(OC(=O)N7CCC7)C(C)C)C[C@H]6C)[C@H](O)[C@@]3(C)C5CC[C@H]4C2(C)C)C1. The van der Waals surface area contributed by atoms with E-state index < -0.39 is 6.10 Å². The van der Waals surface area contributed by atoms with Gasteiger partial charge in [-0.25, -0.2) is 9.59 Å². The van der Waals surface area contributed by atoms with Gasteiger partial charge in [0, 0.05) is 37.0 Å². The van der Waals surface area contributed by atoms with Gasteiger partial charge in [0.15, 0.2) is 0 Å².